The fourth-order valence-corrected chi connectivity index (χ4v) is 3.22. The van der Waals surface area contributed by atoms with Crippen molar-refractivity contribution in [3.8, 4) is 0 Å². The van der Waals surface area contributed by atoms with Gasteiger partial charge in [-0.2, -0.15) is 0 Å². The van der Waals surface area contributed by atoms with Gasteiger partial charge in [-0.15, -0.1) is 0 Å². The monoisotopic (exact) mass is 281 g/mol. The lowest BCUT2D eigenvalue weighted by Crippen LogP contribution is -2.31. The summed E-state index contributed by atoms with van der Waals surface area (Å²) in [5.41, 5.74) is 4.91. The molecular formula is C12H15N3O3S. The molecule has 0 unspecified atom stereocenters. The Morgan fingerprint density at radius 2 is 2.00 bits per heavy atom. The van der Waals surface area contributed by atoms with Crippen molar-refractivity contribution in [3.05, 3.63) is 29.8 Å². The molecule has 2 rings (SSSR count). The van der Waals surface area contributed by atoms with Crippen LogP contribution in [0.5, 0.6) is 0 Å². The summed E-state index contributed by atoms with van der Waals surface area (Å²) in [4.78, 5) is 15.5. The Hall–Kier alpha value is -1.89. The SMILES string of the molecule is CC(C)(CC(N)=O)N=C1NS(=O)(=O)c2ccccc21. The van der Waals surface area contributed by atoms with Crippen LogP contribution in [0.25, 0.3) is 0 Å². The molecule has 0 saturated carbocycles. The predicted molar refractivity (Wildman–Crippen MR) is 71.2 cm³/mol. The van der Waals surface area contributed by atoms with Crippen molar-refractivity contribution in [2.75, 3.05) is 0 Å². The maximum Gasteiger partial charge on any atom is 0.263 e. The van der Waals surface area contributed by atoms with Gasteiger partial charge in [0.1, 0.15) is 5.84 Å². The van der Waals surface area contributed by atoms with Crippen LogP contribution >= 0.6 is 0 Å². The Labute approximate surface area is 111 Å². The van der Waals surface area contributed by atoms with Gasteiger partial charge in [-0.05, 0) is 26.0 Å². The molecule has 0 saturated heterocycles. The number of primary amides is 1. The number of amidine groups is 1. The second kappa shape index (κ2) is 4.34. The Morgan fingerprint density at radius 3 is 2.63 bits per heavy atom. The molecule has 0 atom stereocenters. The fourth-order valence-electron chi connectivity index (χ4n) is 1.99. The number of rotatable bonds is 3. The highest BCUT2D eigenvalue weighted by atomic mass is 32.2. The minimum absolute atomic E-state index is 0.0421. The molecule has 0 aliphatic carbocycles. The van der Waals surface area contributed by atoms with Gasteiger partial charge >= 0.3 is 0 Å². The van der Waals surface area contributed by atoms with Crippen LogP contribution in [0, 0.1) is 0 Å². The number of hydrogen-bond acceptors (Lipinski definition) is 4. The number of sulfonamides is 1. The molecule has 1 aromatic carbocycles. The summed E-state index contributed by atoms with van der Waals surface area (Å²) in [6.07, 6.45) is 0.0421. The van der Waals surface area contributed by atoms with Crippen molar-refractivity contribution in [1.82, 2.24) is 4.72 Å². The van der Waals surface area contributed by atoms with Crippen molar-refractivity contribution < 1.29 is 13.2 Å². The first-order chi connectivity index (χ1) is 8.71. The smallest absolute Gasteiger partial charge is 0.263 e. The summed E-state index contributed by atoms with van der Waals surface area (Å²) >= 11 is 0. The van der Waals surface area contributed by atoms with Gasteiger partial charge in [-0.1, -0.05) is 12.1 Å². The standard InChI is InChI=1S/C12H15N3O3S/c1-12(2,7-10(13)16)14-11-8-5-3-4-6-9(8)19(17,18)15-11/h3-6H,7H2,1-2H3,(H2,13,16)(H,14,15). The zero-order valence-electron chi connectivity index (χ0n) is 10.7. The van der Waals surface area contributed by atoms with E-state index in [0.717, 1.165) is 0 Å². The predicted octanol–water partition coefficient (Wildman–Crippen LogP) is 0.379. The number of benzene rings is 1. The van der Waals surface area contributed by atoms with Crippen LogP contribution in [-0.2, 0) is 14.8 Å². The molecule has 0 bridgehead atoms. The largest absolute Gasteiger partial charge is 0.370 e. The third-order valence-electron chi connectivity index (χ3n) is 2.68. The number of carbonyl (C=O) groups excluding carboxylic acids is 1. The first-order valence-corrected chi connectivity index (χ1v) is 7.20. The Balaban J connectivity index is 2.47. The van der Waals surface area contributed by atoms with E-state index in [4.69, 9.17) is 5.73 Å². The molecule has 7 heteroatoms. The van der Waals surface area contributed by atoms with E-state index < -0.39 is 21.5 Å². The van der Waals surface area contributed by atoms with Gasteiger partial charge in [-0.3, -0.25) is 14.5 Å². The van der Waals surface area contributed by atoms with E-state index in [1.807, 2.05) is 0 Å². The van der Waals surface area contributed by atoms with E-state index in [1.54, 1.807) is 32.0 Å². The van der Waals surface area contributed by atoms with Gasteiger partial charge in [0.15, 0.2) is 0 Å². The van der Waals surface area contributed by atoms with Gasteiger partial charge in [0, 0.05) is 5.56 Å². The number of fused-ring (bicyclic) bond motifs is 1. The van der Waals surface area contributed by atoms with Crippen LogP contribution < -0.4 is 10.5 Å². The summed E-state index contributed by atoms with van der Waals surface area (Å²) in [7, 11) is -3.55. The number of nitrogens with zero attached hydrogens (tertiary/aromatic N) is 1. The number of hydrogen-bond donors (Lipinski definition) is 2. The third-order valence-corrected chi connectivity index (χ3v) is 4.08. The van der Waals surface area contributed by atoms with Gasteiger partial charge in [0.25, 0.3) is 10.0 Å². The number of aliphatic imine (C=N–C) groups is 1. The molecular weight excluding hydrogens is 266 g/mol. The number of nitrogens with two attached hydrogens (primary N) is 1. The van der Waals surface area contributed by atoms with Crippen LogP contribution in [0.15, 0.2) is 34.2 Å². The molecule has 1 aromatic rings. The molecule has 1 aliphatic rings. The average molecular weight is 281 g/mol. The molecule has 102 valence electrons. The lowest BCUT2D eigenvalue weighted by atomic mass is 10.0. The van der Waals surface area contributed by atoms with Gasteiger partial charge in [0.05, 0.1) is 16.9 Å². The van der Waals surface area contributed by atoms with Crippen molar-refractivity contribution in [1.29, 1.82) is 0 Å². The number of carbonyl (C=O) groups is 1. The number of nitrogens with one attached hydrogen (secondary N) is 1. The van der Waals surface area contributed by atoms with Crippen LogP contribution in [0.1, 0.15) is 25.8 Å². The molecule has 0 aromatic heterocycles. The zero-order chi connectivity index (χ0) is 14.3. The Kier molecular flexibility index (Phi) is 3.09. The Bertz CT molecular complexity index is 663. The van der Waals surface area contributed by atoms with Crippen molar-refractivity contribution in [2.24, 2.45) is 10.7 Å². The fraction of sp³-hybridized carbons (Fsp3) is 0.333. The van der Waals surface area contributed by atoms with Crippen molar-refractivity contribution in [3.63, 3.8) is 0 Å². The molecule has 19 heavy (non-hydrogen) atoms. The molecule has 1 heterocycles. The summed E-state index contributed by atoms with van der Waals surface area (Å²) in [6.45, 7) is 3.44. The van der Waals surface area contributed by atoms with Crippen molar-refractivity contribution in [2.45, 2.75) is 30.7 Å². The zero-order valence-corrected chi connectivity index (χ0v) is 11.5. The maximum absolute atomic E-state index is 11.9. The van der Waals surface area contributed by atoms with Crippen LogP contribution in [-0.4, -0.2) is 25.7 Å². The number of amides is 1. The molecule has 0 fully saturated rings. The quantitative estimate of drug-likeness (QED) is 0.837. The molecule has 6 nitrogen and oxygen atoms in total. The van der Waals surface area contributed by atoms with E-state index in [9.17, 15) is 13.2 Å². The minimum atomic E-state index is -3.55. The normalized spacial score (nSPS) is 18.9. The molecule has 1 amide bonds. The third kappa shape index (κ3) is 2.76. The van der Waals surface area contributed by atoms with Crippen LogP contribution in [0.2, 0.25) is 0 Å². The topological polar surface area (TPSA) is 102 Å². The van der Waals surface area contributed by atoms with E-state index in [2.05, 4.69) is 9.71 Å². The van der Waals surface area contributed by atoms with Crippen molar-refractivity contribution >= 4 is 21.8 Å². The van der Waals surface area contributed by atoms with Gasteiger partial charge in [0.2, 0.25) is 5.91 Å². The van der Waals surface area contributed by atoms with E-state index >= 15 is 0 Å². The average Bonchev–Trinajstić information content (AvgIpc) is 2.49. The second-order valence-corrected chi connectivity index (χ2v) is 6.67. The highest BCUT2D eigenvalue weighted by Gasteiger charge is 2.32. The molecule has 1 aliphatic heterocycles. The first-order valence-electron chi connectivity index (χ1n) is 5.72. The van der Waals surface area contributed by atoms with E-state index in [-0.39, 0.29) is 17.2 Å². The van der Waals surface area contributed by atoms with E-state index in [0.29, 0.717) is 5.56 Å². The first kappa shape index (κ1) is 13.5. The molecule has 3 N–H and O–H groups in total. The van der Waals surface area contributed by atoms with Crippen LogP contribution in [0.4, 0.5) is 0 Å². The Morgan fingerprint density at radius 1 is 1.37 bits per heavy atom. The lowest BCUT2D eigenvalue weighted by molar-refractivity contribution is -0.118. The van der Waals surface area contributed by atoms with E-state index in [1.165, 1.54) is 6.07 Å². The summed E-state index contributed by atoms with van der Waals surface area (Å²) in [5.74, 6) is -0.231. The second-order valence-electron chi connectivity index (χ2n) is 5.02. The van der Waals surface area contributed by atoms with Gasteiger partial charge < -0.3 is 5.73 Å². The minimum Gasteiger partial charge on any atom is -0.370 e. The maximum atomic E-state index is 11.9. The summed E-state index contributed by atoms with van der Waals surface area (Å²) in [5, 5.41) is 0. The van der Waals surface area contributed by atoms with Gasteiger partial charge in [-0.25, -0.2) is 8.42 Å². The molecule has 0 radical (unpaired) electrons. The van der Waals surface area contributed by atoms with Crippen LogP contribution in [0.3, 0.4) is 0 Å². The highest BCUT2D eigenvalue weighted by molar-refractivity contribution is 7.90. The summed E-state index contributed by atoms with van der Waals surface area (Å²) in [6, 6.07) is 6.57. The highest BCUT2D eigenvalue weighted by Crippen LogP contribution is 2.25. The summed E-state index contributed by atoms with van der Waals surface area (Å²) < 4.78 is 26.2. The molecule has 0 spiro atoms. The lowest BCUT2D eigenvalue weighted by Gasteiger charge is -2.18.